The van der Waals surface area contributed by atoms with Crippen molar-refractivity contribution in [1.82, 2.24) is 15.8 Å². The van der Waals surface area contributed by atoms with Crippen molar-refractivity contribution in [3.63, 3.8) is 0 Å². The molecule has 34 heavy (non-hydrogen) atoms. The molecule has 3 atom stereocenters. The number of hydrogen-bond acceptors (Lipinski definition) is 8. The molecule has 1 heterocycles. The van der Waals surface area contributed by atoms with E-state index in [1.165, 1.54) is 13.2 Å². The summed E-state index contributed by atoms with van der Waals surface area (Å²) in [6.07, 6.45) is 1.57. The quantitative estimate of drug-likeness (QED) is 0.416. The van der Waals surface area contributed by atoms with Gasteiger partial charge >= 0.3 is 0 Å². The molecule has 1 aromatic heterocycles. The SMILES string of the molecule is COC[C@H](NC(=O)c1cc(C)on1)C(=O)C[C@@H](CC#N)C(=O)N[C@@H](CC(C)C)C(=O)C1(C)CC1. The van der Waals surface area contributed by atoms with Gasteiger partial charge in [0.15, 0.2) is 17.3 Å². The Hall–Kier alpha value is -3.06. The average molecular weight is 475 g/mol. The van der Waals surface area contributed by atoms with E-state index in [0.29, 0.717) is 12.2 Å². The lowest BCUT2D eigenvalue weighted by atomic mass is 9.89. The third-order valence-corrected chi connectivity index (χ3v) is 5.98. The number of nitrogens with zero attached hydrogens (tertiary/aromatic N) is 2. The van der Waals surface area contributed by atoms with E-state index in [1.54, 1.807) is 6.92 Å². The van der Waals surface area contributed by atoms with Crippen molar-refractivity contribution in [3.05, 3.63) is 17.5 Å². The molecule has 1 saturated carbocycles. The second-order valence-corrected chi connectivity index (χ2v) is 9.65. The molecule has 1 aromatic rings. The van der Waals surface area contributed by atoms with Crippen LogP contribution in [-0.4, -0.2) is 54.3 Å². The maximum atomic E-state index is 13.0. The Morgan fingerprint density at radius 1 is 1.24 bits per heavy atom. The Bertz CT molecular complexity index is 944. The summed E-state index contributed by atoms with van der Waals surface area (Å²) < 4.78 is 9.95. The zero-order valence-corrected chi connectivity index (χ0v) is 20.5. The minimum absolute atomic E-state index is 0.0102. The van der Waals surface area contributed by atoms with Gasteiger partial charge in [-0.3, -0.25) is 19.2 Å². The first-order valence-corrected chi connectivity index (χ1v) is 11.5. The largest absolute Gasteiger partial charge is 0.382 e. The first-order valence-electron chi connectivity index (χ1n) is 11.5. The number of ketones is 2. The summed E-state index contributed by atoms with van der Waals surface area (Å²) in [4.78, 5) is 51.3. The van der Waals surface area contributed by atoms with Crippen LogP contribution in [-0.2, 0) is 19.1 Å². The molecule has 10 nitrogen and oxygen atoms in total. The highest BCUT2D eigenvalue weighted by Gasteiger charge is 2.48. The van der Waals surface area contributed by atoms with Crippen LogP contribution < -0.4 is 10.6 Å². The molecule has 0 aliphatic heterocycles. The molecule has 1 aliphatic rings. The van der Waals surface area contributed by atoms with Gasteiger partial charge in [-0.15, -0.1) is 0 Å². The van der Waals surface area contributed by atoms with E-state index < -0.39 is 41.0 Å². The Morgan fingerprint density at radius 2 is 1.91 bits per heavy atom. The molecule has 1 fully saturated rings. The molecule has 186 valence electrons. The van der Waals surface area contributed by atoms with Crippen LogP contribution in [0.1, 0.15) is 69.1 Å². The Kier molecular flexibility index (Phi) is 9.50. The Balaban J connectivity index is 2.09. The van der Waals surface area contributed by atoms with Gasteiger partial charge < -0.3 is 19.9 Å². The topological polar surface area (TPSA) is 151 Å². The van der Waals surface area contributed by atoms with Gasteiger partial charge in [0.05, 0.1) is 24.6 Å². The van der Waals surface area contributed by atoms with Gasteiger partial charge in [0, 0.05) is 31.4 Å². The molecule has 2 rings (SSSR count). The minimum Gasteiger partial charge on any atom is -0.382 e. The third kappa shape index (κ3) is 7.48. The molecule has 0 radical (unpaired) electrons. The van der Waals surface area contributed by atoms with Crippen LogP contribution in [0, 0.1) is 35.5 Å². The average Bonchev–Trinajstić information content (AvgIpc) is 3.37. The number of aryl methyl sites for hydroxylation is 1. The predicted molar refractivity (Wildman–Crippen MR) is 121 cm³/mol. The lowest BCUT2D eigenvalue weighted by Gasteiger charge is -2.25. The van der Waals surface area contributed by atoms with E-state index >= 15 is 0 Å². The summed E-state index contributed by atoms with van der Waals surface area (Å²) in [5, 5.41) is 18.2. The van der Waals surface area contributed by atoms with E-state index in [-0.39, 0.29) is 36.8 Å². The van der Waals surface area contributed by atoms with Crippen LogP contribution in [0.5, 0.6) is 0 Å². The van der Waals surface area contributed by atoms with Crippen LogP contribution in [0.25, 0.3) is 0 Å². The van der Waals surface area contributed by atoms with Crippen molar-refractivity contribution in [2.75, 3.05) is 13.7 Å². The molecule has 0 unspecified atom stereocenters. The monoisotopic (exact) mass is 474 g/mol. The number of hydrogen-bond donors (Lipinski definition) is 2. The van der Waals surface area contributed by atoms with E-state index in [9.17, 15) is 24.4 Å². The van der Waals surface area contributed by atoms with E-state index in [0.717, 1.165) is 12.8 Å². The second-order valence-electron chi connectivity index (χ2n) is 9.65. The zero-order valence-electron chi connectivity index (χ0n) is 20.5. The summed E-state index contributed by atoms with van der Waals surface area (Å²) in [6, 6.07) is 1.67. The molecule has 2 amide bonds. The van der Waals surface area contributed by atoms with E-state index in [4.69, 9.17) is 9.26 Å². The summed E-state index contributed by atoms with van der Waals surface area (Å²) >= 11 is 0. The number of rotatable bonds is 14. The normalized spacial score (nSPS) is 16.7. The summed E-state index contributed by atoms with van der Waals surface area (Å²) in [5.41, 5.74) is -0.401. The number of aromatic nitrogens is 1. The highest BCUT2D eigenvalue weighted by atomic mass is 16.5. The summed E-state index contributed by atoms with van der Waals surface area (Å²) in [7, 11) is 1.38. The smallest absolute Gasteiger partial charge is 0.274 e. The number of nitrogens with one attached hydrogen (secondary N) is 2. The Morgan fingerprint density at radius 3 is 2.41 bits per heavy atom. The minimum atomic E-state index is -1.04. The molecule has 0 bridgehead atoms. The standard InChI is InChI=1S/C24H34N4O6/c1-14(2)10-17(21(30)24(4)7-8-24)26-22(31)16(6-9-25)12-20(29)19(13-33-5)27-23(32)18-11-15(3)34-28-18/h11,14,16-17,19H,6-8,10,12-13H2,1-5H3,(H,26,31)(H,27,32)/t16-,17+,19+/m1/s1. The maximum Gasteiger partial charge on any atom is 0.274 e. The molecule has 0 saturated heterocycles. The lowest BCUT2D eigenvalue weighted by Crippen LogP contribution is -2.48. The number of ether oxygens (including phenoxy) is 1. The summed E-state index contributed by atoms with van der Waals surface area (Å²) in [5.74, 6) is -1.96. The van der Waals surface area contributed by atoms with Gasteiger partial charge in [-0.05, 0) is 32.1 Å². The molecular weight excluding hydrogens is 440 g/mol. The second kappa shape index (κ2) is 11.9. The highest BCUT2D eigenvalue weighted by Crippen LogP contribution is 2.47. The molecule has 0 spiro atoms. The van der Waals surface area contributed by atoms with Gasteiger partial charge in [-0.1, -0.05) is 25.9 Å². The van der Waals surface area contributed by atoms with Crippen molar-refractivity contribution in [1.29, 1.82) is 5.26 Å². The Labute approximate surface area is 199 Å². The maximum absolute atomic E-state index is 13.0. The van der Waals surface area contributed by atoms with Crippen molar-refractivity contribution in [2.24, 2.45) is 17.3 Å². The van der Waals surface area contributed by atoms with Crippen molar-refractivity contribution < 1.29 is 28.4 Å². The van der Waals surface area contributed by atoms with Crippen LogP contribution in [0.15, 0.2) is 10.6 Å². The summed E-state index contributed by atoms with van der Waals surface area (Å²) in [6.45, 7) is 7.33. The van der Waals surface area contributed by atoms with Crippen LogP contribution >= 0.6 is 0 Å². The van der Waals surface area contributed by atoms with Crippen molar-refractivity contribution in [3.8, 4) is 6.07 Å². The number of amides is 2. The first-order chi connectivity index (χ1) is 16.0. The fraction of sp³-hybridized carbons (Fsp3) is 0.667. The van der Waals surface area contributed by atoms with Crippen LogP contribution in [0.2, 0.25) is 0 Å². The van der Waals surface area contributed by atoms with Crippen molar-refractivity contribution in [2.45, 2.75) is 71.9 Å². The number of methoxy groups -OCH3 is 1. The van der Waals surface area contributed by atoms with Gasteiger partial charge in [0.1, 0.15) is 11.8 Å². The van der Waals surface area contributed by atoms with Crippen LogP contribution in [0.4, 0.5) is 0 Å². The molecule has 2 N–H and O–H groups in total. The molecular formula is C24H34N4O6. The van der Waals surface area contributed by atoms with Gasteiger partial charge in [0.25, 0.3) is 5.91 Å². The number of carbonyl (C=O) groups is 4. The van der Waals surface area contributed by atoms with E-state index in [1.807, 2.05) is 26.8 Å². The van der Waals surface area contributed by atoms with Crippen LogP contribution in [0.3, 0.4) is 0 Å². The first kappa shape index (κ1) is 27.2. The van der Waals surface area contributed by atoms with Gasteiger partial charge in [0.2, 0.25) is 5.91 Å². The van der Waals surface area contributed by atoms with Crippen molar-refractivity contribution >= 4 is 23.4 Å². The number of nitriles is 1. The molecule has 0 aromatic carbocycles. The number of carbonyl (C=O) groups excluding carboxylic acids is 4. The van der Waals surface area contributed by atoms with E-state index in [2.05, 4.69) is 15.8 Å². The lowest BCUT2D eigenvalue weighted by molar-refractivity contribution is -0.134. The fourth-order valence-electron chi connectivity index (χ4n) is 3.69. The van der Waals surface area contributed by atoms with Gasteiger partial charge in [-0.25, -0.2) is 0 Å². The third-order valence-electron chi connectivity index (χ3n) is 5.98. The van der Waals surface area contributed by atoms with Gasteiger partial charge in [-0.2, -0.15) is 5.26 Å². The fourth-order valence-corrected chi connectivity index (χ4v) is 3.69. The zero-order chi connectivity index (χ0) is 25.5. The molecule has 10 heteroatoms. The number of Topliss-reactive ketones (excluding diaryl/α,β-unsaturated/α-hetero) is 2. The predicted octanol–water partition coefficient (Wildman–Crippen LogP) is 2.12. The highest BCUT2D eigenvalue weighted by molar-refractivity contribution is 5.98. The molecule has 1 aliphatic carbocycles.